The first-order valence-corrected chi connectivity index (χ1v) is 12.3. The number of nitrogens with zero attached hydrogens (tertiary/aromatic N) is 4. The Bertz CT molecular complexity index is 1710. The molecule has 0 saturated heterocycles. The molecule has 0 aliphatic carbocycles. The van der Waals surface area contributed by atoms with Crippen molar-refractivity contribution in [3.63, 3.8) is 0 Å². The molecule has 1 N–H and O–H groups in total. The highest BCUT2D eigenvalue weighted by atomic mass is 19.1. The standard InChI is InChI=1S/C31H24FN5O/c32-27-16-23(29-19-33-30-14-12-24(20-37(29)30)25-17-34-35-18-25)11-13-26(27)31(38)36-28(22-9-5-2-6-10-22)15-21-7-3-1-4-8-21/h1-14,16-20,28H,15H2,(H,34,35)(H,36,38)/p-1. The molecule has 7 heteroatoms. The second-order valence-corrected chi connectivity index (χ2v) is 9.02. The molecule has 6 aromatic rings. The van der Waals surface area contributed by atoms with Gasteiger partial charge < -0.3 is 5.11 Å². The maximum atomic E-state index is 15.4. The normalized spacial score (nSPS) is 12.6. The lowest BCUT2D eigenvalue weighted by molar-refractivity contribution is -0.213. The van der Waals surface area contributed by atoms with Crippen molar-refractivity contribution >= 4 is 11.5 Å². The summed E-state index contributed by atoms with van der Waals surface area (Å²) in [6.45, 7) is 0. The fourth-order valence-electron chi connectivity index (χ4n) is 4.58. The van der Waals surface area contributed by atoms with Crippen LogP contribution in [0, 0.1) is 5.82 Å². The second kappa shape index (κ2) is 10.1. The minimum Gasteiger partial charge on any atom is -0.858 e. The average Bonchev–Trinajstić information content (AvgIpc) is 3.64. The number of imidazole rings is 1. The average molecular weight is 501 g/mol. The first-order valence-electron chi connectivity index (χ1n) is 12.3. The van der Waals surface area contributed by atoms with E-state index in [0.717, 1.165) is 27.9 Å². The van der Waals surface area contributed by atoms with Crippen LogP contribution in [0.15, 0.2) is 121 Å². The number of hydrogen-bond donors (Lipinski definition) is 1. The summed E-state index contributed by atoms with van der Waals surface area (Å²) in [6, 6.07) is 27.5. The zero-order valence-electron chi connectivity index (χ0n) is 20.3. The lowest BCUT2D eigenvalue weighted by Gasteiger charge is -2.19. The Morgan fingerprint density at radius 1 is 0.895 bits per heavy atom. The lowest BCUT2D eigenvalue weighted by atomic mass is 9.99. The third-order valence-corrected chi connectivity index (χ3v) is 6.56. The molecule has 6 nitrogen and oxygen atoms in total. The van der Waals surface area contributed by atoms with Gasteiger partial charge in [0.2, 0.25) is 0 Å². The van der Waals surface area contributed by atoms with Gasteiger partial charge in [-0.25, -0.2) is 9.37 Å². The van der Waals surface area contributed by atoms with Gasteiger partial charge in [-0.2, -0.15) is 5.10 Å². The van der Waals surface area contributed by atoms with Crippen LogP contribution in [0.3, 0.4) is 0 Å². The van der Waals surface area contributed by atoms with Crippen LogP contribution in [0.1, 0.15) is 22.7 Å². The summed E-state index contributed by atoms with van der Waals surface area (Å²) in [5.74, 6) is -1.21. The van der Waals surface area contributed by atoms with E-state index in [2.05, 4.69) is 20.2 Å². The van der Waals surface area contributed by atoms with E-state index < -0.39 is 17.8 Å². The monoisotopic (exact) mass is 500 g/mol. The molecule has 6 rings (SSSR count). The number of rotatable bonds is 7. The molecule has 38 heavy (non-hydrogen) atoms. The molecule has 3 aromatic heterocycles. The minimum absolute atomic E-state index is 0.0596. The number of aromatic amines is 1. The van der Waals surface area contributed by atoms with E-state index in [1.165, 1.54) is 12.1 Å². The molecule has 3 heterocycles. The molecule has 1 atom stereocenters. The van der Waals surface area contributed by atoms with Gasteiger partial charge in [0.15, 0.2) is 0 Å². The largest absolute Gasteiger partial charge is 0.858 e. The molecule has 186 valence electrons. The van der Waals surface area contributed by atoms with Crippen molar-refractivity contribution in [1.29, 1.82) is 0 Å². The van der Waals surface area contributed by atoms with Crippen LogP contribution >= 0.6 is 0 Å². The van der Waals surface area contributed by atoms with Gasteiger partial charge in [0.05, 0.1) is 24.1 Å². The molecule has 0 saturated carbocycles. The van der Waals surface area contributed by atoms with Crippen molar-refractivity contribution in [2.24, 2.45) is 4.99 Å². The molecule has 1 unspecified atom stereocenters. The van der Waals surface area contributed by atoms with Crippen molar-refractivity contribution in [2.75, 3.05) is 0 Å². The van der Waals surface area contributed by atoms with Gasteiger partial charge in [-0.3, -0.25) is 14.5 Å². The maximum Gasteiger partial charge on any atom is 0.137 e. The summed E-state index contributed by atoms with van der Waals surface area (Å²) < 4.78 is 17.2. The number of H-pyrrole nitrogens is 1. The van der Waals surface area contributed by atoms with Crippen molar-refractivity contribution in [1.82, 2.24) is 19.6 Å². The molecule has 0 fully saturated rings. The Morgan fingerprint density at radius 2 is 1.66 bits per heavy atom. The van der Waals surface area contributed by atoms with Gasteiger partial charge in [0.25, 0.3) is 0 Å². The van der Waals surface area contributed by atoms with Gasteiger partial charge in [0.1, 0.15) is 11.5 Å². The third kappa shape index (κ3) is 4.69. The number of fused-ring (bicyclic) bond motifs is 1. The lowest BCUT2D eigenvalue weighted by Crippen LogP contribution is -2.22. The van der Waals surface area contributed by atoms with Crippen LogP contribution in [-0.2, 0) is 6.42 Å². The minimum atomic E-state index is -0.622. The van der Waals surface area contributed by atoms with E-state index in [9.17, 15) is 5.11 Å². The van der Waals surface area contributed by atoms with Crippen LogP contribution in [0.4, 0.5) is 4.39 Å². The summed E-state index contributed by atoms with van der Waals surface area (Å²) in [5.41, 5.74) is 5.83. The second-order valence-electron chi connectivity index (χ2n) is 9.02. The van der Waals surface area contributed by atoms with E-state index in [0.29, 0.717) is 17.7 Å². The smallest absolute Gasteiger partial charge is 0.137 e. The predicted molar refractivity (Wildman–Crippen MR) is 144 cm³/mol. The number of hydrogen-bond acceptors (Lipinski definition) is 4. The van der Waals surface area contributed by atoms with E-state index in [1.54, 1.807) is 18.5 Å². The molecule has 3 aromatic carbocycles. The molecule has 0 radical (unpaired) electrons. The Hall–Kier alpha value is -5.04. The Labute approximate surface area is 218 Å². The number of aromatic nitrogens is 4. The number of nitrogens with one attached hydrogen (secondary N) is 1. The van der Waals surface area contributed by atoms with Gasteiger partial charge in [-0.05, 0) is 41.6 Å². The van der Waals surface area contributed by atoms with E-state index in [1.807, 2.05) is 89.6 Å². The van der Waals surface area contributed by atoms with Gasteiger partial charge in [-0.15, -0.1) is 0 Å². The Balaban J connectivity index is 1.33. The number of aliphatic imine (C=N–C) groups is 1. The van der Waals surface area contributed by atoms with E-state index >= 15 is 4.39 Å². The van der Waals surface area contributed by atoms with Crippen LogP contribution in [0.25, 0.3) is 28.0 Å². The molecule has 0 aliphatic rings. The number of halogens is 1. The first-order chi connectivity index (χ1) is 18.7. The molecular formula is C31H23FN5O-. The molecule has 0 aliphatic heterocycles. The van der Waals surface area contributed by atoms with E-state index in [-0.39, 0.29) is 5.56 Å². The van der Waals surface area contributed by atoms with Crippen molar-refractivity contribution in [2.45, 2.75) is 12.5 Å². The molecule has 0 amide bonds. The van der Waals surface area contributed by atoms with E-state index in [4.69, 9.17) is 0 Å². The topological polar surface area (TPSA) is 81.4 Å². The highest BCUT2D eigenvalue weighted by molar-refractivity contribution is 5.91. The van der Waals surface area contributed by atoms with Crippen molar-refractivity contribution in [3.05, 3.63) is 138 Å². The Morgan fingerprint density at radius 3 is 2.39 bits per heavy atom. The number of benzene rings is 3. The molecule has 0 spiro atoms. The van der Waals surface area contributed by atoms with Crippen LogP contribution < -0.4 is 5.11 Å². The molecular weight excluding hydrogens is 477 g/mol. The van der Waals surface area contributed by atoms with Crippen molar-refractivity contribution < 1.29 is 9.50 Å². The summed E-state index contributed by atoms with van der Waals surface area (Å²) in [4.78, 5) is 8.90. The predicted octanol–water partition coefficient (Wildman–Crippen LogP) is 5.62. The summed E-state index contributed by atoms with van der Waals surface area (Å²) >= 11 is 0. The summed E-state index contributed by atoms with van der Waals surface area (Å²) in [5, 5.41) is 20.0. The van der Waals surface area contributed by atoms with Gasteiger partial charge in [0, 0.05) is 34.6 Å². The fraction of sp³-hybridized carbons (Fsp3) is 0.0645. The highest BCUT2D eigenvalue weighted by Gasteiger charge is 2.14. The van der Waals surface area contributed by atoms with Crippen molar-refractivity contribution in [3.8, 4) is 22.4 Å². The quantitative estimate of drug-likeness (QED) is 0.228. The maximum absolute atomic E-state index is 15.4. The zero-order chi connectivity index (χ0) is 25.9. The van der Waals surface area contributed by atoms with Gasteiger partial charge >= 0.3 is 0 Å². The van der Waals surface area contributed by atoms with Gasteiger partial charge in [-0.1, -0.05) is 72.8 Å². The highest BCUT2D eigenvalue weighted by Crippen LogP contribution is 2.27. The fourth-order valence-corrected chi connectivity index (χ4v) is 4.58. The van der Waals surface area contributed by atoms with Crippen LogP contribution in [-0.4, -0.2) is 25.5 Å². The Kier molecular flexibility index (Phi) is 6.24. The number of pyridine rings is 1. The SMILES string of the molecule is [O-]C(=NC(Cc1ccccc1)c1ccccc1)c1ccc(-c2cnc3ccc(-c4cn[nH]c4)cn23)cc1F. The first kappa shape index (κ1) is 23.4. The molecule has 0 bridgehead atoms. The van der Waals surface area contributed by atoms with Crippen LogP contribution in [0.5, 0.6) is 0 Å². The van der Waals surface area contributed by atoms with Crippen LogP contribution in [0.2, 0.25) is 0 Å². The third-order valence-electron chi connectivity index (χ3n) is 6.56. The summed E-state index contributed by atoms with van der Waals surface area (Å²) in [6.07, 6.45) is 7.71. The zero-order valence-corrected chi connectivity index (χ0v) is 20.3. The summed E-state index contributed by atoms with van der Waals surface area (Å²) in [7, 11) is 0.